The standard InChI is InChI=1S/C19H22N2O4S.ClH/c22-26(23,15-6-7-18-19(12-15)25-11-3-10-24-18)21-13-17-16-5-2-1-4-14(16)8-9-20-17;/h1-2,4-7,12,17,20-21H,3,8-11,13H2;1H. The second-order valence-corrected chi connectivity index (χ2v) is 8.23. The maximum Gasteiger partial charge on any atom is 0.240 e. The molecule has 1 unspecified atom stereocenters. The Labute approximate surface area is 165 Å². The lowest BCUT2D eigenvalue weighted by Crippen LogP contribution is -2.38. The van der Waals surface area contributed by atoms with Crippen LogP contribution in [-0.2, 0) is 16.4 Å². The molecule has 8 heteroatoms. The van der Waals surface area contributed by atoms with Crippen LogP contribution in [0.2, 0.25) is 0 Å². The van der Waals surface area contributed by atoms with Gasteiger partial charge in [0.1, 0.15) is 0 Å². The van der Waals surface area contributed by atoms with E-state index in [1.807, 2.05) is 18.2 Å². The Morgan fingerprint density at radius 2 is 1.85 bits per heavy atom. The molecule has 2 aliphatic rings. The molecule has 0 aromatic heterocycles. The summed E-state index contributed by atoms with van der Waals surface area (Å²) in [6.45, 7) is 2.23. The minimum atomic E-state index is -3.63. The quantitative estimate of drug-likeness (QED) is 0.809. The summed E-state index contributed by atoms with van der Waals surface area (Å²) in [5.74, 6) is 1.07. The van der Waals surface area contributed by atoms with Crippen LogP contribution in [0.1, 0.15) is 23.6 Å². The molecular weight excluding hydrogens is 388 g/mol. The van der Waals surface area contributed by atoms with Crippen LogP contribution in [0, 0.1) is 0 Å². The molecule has 2 aliphatic heterocycles. The minimum absolute atomic E-state index is 0. The van der Waals surface area contributed by atoms with Crippen LogP contribution >= 0.6 is 12.4 Å². The lowest BCUT2D eigenvalue weighted by Gasteiger charge is -2.27. The summed E-state index contributed by atoms with van der Waals surface area (Å²) in [4.78, 5) is 0.186. The lowest BCUT2D eigenvalue weighted by molar-refractivity contribution is 0.297. The third-order valence-corrected chi connectivity index (χ3v) is 6.14. The number of benzene rings is 2. The molecule has 1 atom stereocenters. The van der Waals surface area contributed by atoms with E-state index in [2.05, 4.69) is 16.1 Å². The summed E-state index contributed by atoms with van der Waals surface area (Å²) in [5.41, 5.74) is 2.42. The molecule has 2 N–H and O–H groups in total. The molecule has 0 radical (unpaired) electrons. The summed E-state index contributed by atoms with van der Waals surface area (Å²) >= 11 is 0. The zero-order valence-electron chi connectivity index (χ0n) is 14.8. The number of ether oxygens (including phenoxy) is 2. The first-order valence-corrected chi connectivity index (χ1v) is 10.3. The Kier molecular flexibility index (Phi) is 6.26. The summed E-state index contributed by atoms with van der Waals surface area (Å²) in [6.07, 6.45) is 1.74. The predicted molar refractivity (Wildman–Crippen MR) is 105 cm³/mol. The highest BCUT2D eigenvalue weighted by Crippen LogP contribution is 2.32. The van der Waals surface area contributed by atoms with Gasteiger partial charge in [0.2, 0.25) is 10.0 Å². The molecule has 0 fully saturated rings. The Hall–Kier alpha value is -1.80. The van der Waals surface area contributed by atoms with Crippen LogP contribution in [0.5, 0.6) is 11.5 Å². The minimum Gasteiger partial charge on any atom is -0.490 e. The van der Waals surface area contributed by atoms with Crippen LogP contribution in [0.25, 0.3) is 0 Å². The van der Waals surface area contributed by atoms with Gasteiger partial charge in [0.25, 0.3) is 0 Å². The van der Waals surface area contributed by atoms with Gasteiger partial charge in [-0.25, -0.2) is 13.1 Å². The van der Waals surface area contributed by atoms with E-state index >= 15 is 0 Å². The van der Waals surface area contributed by atoms with Crippen LogP contribution in [0.3, 0.4) is 0 Å². The first-order chi connectivity index (χ1) is 12.6. The maximum atomic E-state index is 12.7. The molecule has 0 spiro atoms. The van der Waals surface area contributed by atoms with Crippen LogP contribution < -0.4 is 19.5 Å². The van der Waals surface area contributed by atoms with Gasteiger partial charge in [-0.05, 0) is 36.2 Å². The first-order valence-electron chi connectivity index (χ1n) is 8.84. The van der Waals surface area contributed by atoms with Crippen molar-refractivity contribution in [1.29, 1.82) is 0 Å². The number of nitrogens with one attached hydrogen (secondary N) is 2. The van der Waals surface area contributed by atoms with E-state index in [-0.39, 0.29) is 23.3 Å². The van der Waals surface area contributed by atoms with Crippen molar-refractivity contribution in [3.63, 3.8) is 0 Å². The molecular formula is C19H23ClN2O4S. The number of hydrogen-bond acceptors (Lipinski definition) is 5. The number of sulfonamides is 1. The summed E-state index contributed by atoms with van der Waals surface area (Å²) in [5, 5.41) is 3.39. The average molecular weight is 411 g/mol. The zero-order valence-corrected chi connectivity index (χ0v) is 16.4. The third-order valence-electron chi connectivity index (χ3n) is 4.72. The number of rotatable bonds is 4. The van der Waals surface area contributed by atoms with Gasteiger partial charge in [-0.15, -0.1) is 12.4 Å². The van der Waals surface area contributed by atoms with E-state index in [0.717, 1.165) is 24.9 Å². The Morgan fingerprint density at radius 3 is 2.70 bits per heavy atom. The summed E-state index contributed by atoms with van der Waals surface area (Å²) in [6, 6.07) is 12.9. The van der Waals surface area contributed by atoms with Gasteiger partial charge in [0, 0.05) is 25.1 Å². The zero-order chi connectivity index (χ0) is 18.0. The number of hydrogen-bond donors (Lipinski definition) is 2. The fourth-order valence-electron chi connectivity index (χ4n) is 3.36. The van der Waals surface area contributed by atoms with Gasteiger partial charge in [-0.3, -0.25) is 0 Å². The molecule has 0 saturated carbocycles. The van der Waals surface area contributed by atoms with E-state index in [4.69, 9.17) is 9.47 Å². The highest BCUT2D eigenvalue weighted by Gasteiger charge is 2.23. The van der Waals surface area contributed by atoms with Gasteiger partial charge >= 0.3 is 0 Å². The normalized spacial score (nSPS) is 18.7. The molecule has 0 aliphatic carbocycles. The fourth-order valence-corrected chi connectivity index (χ4v) is 4.42. The van der Waals surface area contributed by atoms with E-state index in [1.54, 1.807) is 12.1 Å². The van der Waals surface area contributed by atoms with Crippen molar-refractivity contribution in [1.82, 2.24) is 10.0 Å². The Bertz CT molecular complexity index is 904. The monoisotopic (exact) mass is 410 g/mol. The van der Waals surface area contributed by atoms with E-state index in [1.165, 1.54) is 11.6 Å². The fraction of sp³-hybridized carbons (Fsp3) is 0.368. The van der Waals surface area contributed by atoms with Crippen molar-refractivity contribution in [3.05, 3.63) is 53.6 Å². The van der Waals surface area contributed by atoms with Gasteiger partial charge in [0.15, 0.2) is 11.5 Å². The topological polar surface area (TPSA) is 76.7 Å². The predicted octanol–water partition coefficient (Wildman–Crippen LogP) is 2.44. The lowest BCUT2D eigenvalue weighted by atomic mass is 9.95. The molecule has 2 aromatic rings. The van der Waals surface area contributed by atoms with E-state index in [0.29, 0.717) is 31.3 Å². The van der Waals surface area contributed by atoms with Crippen molar-refractivity contribution < 1.29 is 17.9 Å². The average Bonchev–Trinajstić information content (AvgIpc) is 2.91. The third kappa shape index (κ3) is 4.38. The van der Waals surface area contributed by atoms with Gasteiger partial charge in [0.05, 0.1) is 18.1 Å². The Balaban J connectivity index is 0.00000210. The van der Waals surface area contributed by atoms with Gasteiger partial charge in [-0.2, -0.15) is 0 Å². The van der Waals surface area contributed by atoms with Gasteiger partial charge < -0.3 is 14.8 Å². The van der Waals surface area contributed by atoms with Crippen molar-refractivity contribution in [2.45, 2.75) is 23.8 Å². The van der Waals surface area contributed by atoms with E-state index in [9.17, 15) is 8.42 Å². The Morgan fingerprint density at radius 1 is 1.07 bits per heavy atom. The summed E-state index contributed by atoms with van der Waals surface area (Å²) in [7, 11) is -3.63. The molecule has 2 aromatic carbocycles. The smallest absolute Gasteiger partial charge is 0.240 e. The van der Waals surface area contributed by atoms with Crippen LogP contribution in [-0.4, -0.2) is 34.7 Å². The molecule has 0 saturated heterocycles. The van der Waals surface area contributed by atoms with Crippen LogP contribution in [0.15, 0.2) is 47.4 Å². The number of fused-ring (bicyclic) bond motifs is 2. The SMILES string of the molecule is Cl.O=S(=O)(NCC1NCCc2ccccc21)c1ccc2c(c1)OCCCO2. The summed E-state index contributed by atoms with van der Waals surface area (Å²) < 4.78 is 39.3. The molecule has 6 nitrogen and oxygen atoms in total. The highest BCUT2D eigenvalue weighted by molar-refractivity contribution is 7.89. The van der Waals surface area contributed by atoms with Crippen molar-refractivity contribution >= 4 is 22.4 Å². The van der Waals surface area contributed by atoms with Gasteiger partial charge in [-0.1, -0.05) is 24.3 Å². The molecule has 146 valence electrons. The molecule has 2 heterocycles. The molecule has 0 amide bonds. The highest BCUT2D eigenvalue weighted by atomic mass is 35.5. The second kappa shape index (κ2) is 8.48. The largest absolute Gasteiger partial charge is 0.490 e. The molecule has 27 heavy (non-hydrogen) atoms. The van der Waals surface area contributed by atoms with E-state index < -0.39 is 10.0 Å². The van der Waals surface area contributed by atoms with Crippen molar-refractivity contribution in [2.75, 3.05) is 26.3 Å². The van der Waals surface area contributed by atoms with Crippen molar-refractivity contribution in [3.8, 4) is 11.5 Å². The first kappa shape index (κ1) is 19.9. The second-order valence-electron chi connectivity index (χ2n) is 6.47. The maximum absolute atomic E-state index is 12.7. The van der Waals surface area contributed by atoms with Crippen molar-refractivity contribution in [2.24, 2.45) is 0 Å². The van der Waals surface area contributed by atoms with Crippen LogP contribution in [0.4, 0.5) is 0 Å². The molecule has 4 rings (SSSR count). The number of halogens is 1. The molecule has 0 bridgehead atoms.